The van der Waals surface area contributed by atoms with Crippen LogP contribution in [0.15, 0.2) is 53.4 Å². The van der Waals surface area contributed by atoms with Crippen molar-refractivity contribution in [2.45, 2.75) is 10.8 Å². The molecule has 0 aliphatic heterocycles. The fourth-order valence-electron chi connectivity index (χ4n) is 1.82. The van der Waals surface area contributed by atoms with Gasteiger partial charge in [-0.05, 0) is 29.8 Å². The molecule has 0 saturated carbocycles. The standard InChI is InChI=1S/C15H17ClN2O2S/c1-18(2)21(19,20)15-6-4-3-5-14(15)17-13-9-7-12(11-16)8-10-13/h3-10,17H,11H2,1-2H3. The molecule has 21 heavy (non-hydrogen) atoms. The van der Waals surface area contributed by atoms with Crippen molar-refractivity contribution in [1.29, 1.82) is 0 Å². The zero-order valence-corrected chi connectivity index (χ0v) is 13.4. The number of halogens is 1. The molecule has 6 heteroatoms. The number of benzene rings is 2. The molecular formula is C15H17ClN2O2S. The molecule has 0 fully saturated rings. The van der Waals surface area contributed by atoms with Crippen molar-refractivity contribution < 1.29 is 8.42 Å². The van der Waals surface area contributed by atoms with Gasteiger partial charge < -0.3 is 5.32 Å². The molecule has 1 N–H and O–H groups in total. The van der Waals surface area contributed by atoms with Crippen molar-refractivity contribution in [3.8, 4) is 0 Å². The Balaban J connectivity index is 2.36. The predicted molar refractivity (Wildman–Crippen MR) is 86.6 cm³/mol. The molecule has 2 aromatic rings. The van der Waals surface area contributed by atoms with E-state index in [4.69, 9.17) is 11.6 Å². The molecule has 0 bridgehead atoms. The largest absolute Gasteiger partial charge is 0.354 e. The summed E-state index contributed by atoms with van der Waals surface area (Å²) in [5.41, 5.74) is 2.37. The van der Waals surface area contributed by atoms with E-state index in [0.29, 0.717) is 11.6 Å². The maximum absolute atomic E-state index is 12.3. The van der Waals surface area contributed by atoms with Crippen molar-refractivity contribution >= 4 is 33.0 Å². The van der Waals surface area contributed by atoms with Crippen LogP contribution in [-0.2, 0) is 15.9 Å². The zero-order valence-electron chi connectivity index (χ0n) is 11.9. The van der Waals surface area contributed by atoms with Crippen LogP contribution in [0.25, 0.3) is 0 Å². The Bertz CT molecular complexity index is 713. The normalized spacial score (nSPS) is 11.6. The van der Waals surface area contributed by atoms with E-state index >= 15 is 0 Å². The Morgan fingerprint density at radius 3 is 2.24 bits per heavy atom. The van der Waals surface area contributed by atoms with Gasteiger partial charge >= 0.3 is 0 Å². The Morgan fingerprint density at radius 2 is 1.67 bits per heavy atom. The minimum Gasteiger partial charge on any atom is -0.354 e. The minimum atomic E-state index is -3.49. The summed E-state index contributed by atoms with van der Waals surface area (Å²) in [7, 11) is -0.460. The van der Waals surface area contributed by atoms with Gasteiger partial charge in [-0.25, -0.2) is 12.7 Å². The van der Waals surface area contributed by atoms with E-state index < -0.39 is 10.0 Å². The molecule has 4 nitrogen and oxygen atoms in total. The highest BCUT2D eigenvalue weighted by molar-refractivity contribution is 7.89. The van der Waals surface area contributed by atoms with Gasteiger partial charge in [-0.15, -0.1) is 11.6 Å². The quantitative estimate of drug-likeness (QED) is 0.857. The third kappa shape index (κ3) is 3.56. The van der Waals surface area contributed by atoms with E-state index in [1.54, 1.807) is 24.3 Å². The third-order valence-corrected chi connectivity index (χ3v) is 5.21. The maximum Gasteiger partial charge on any atom is 0.244 e. The average molecular weight is 325 g/mol. The highest BCUT2D eigenvalue weighted by Gasteiger charge is 2.20. The zero-order chi connectivity index (χ0) is 15.5. The van der Waals surface area contributed by atoms with Crippen LogP contribution in [0.5, 0.6) is 0 Å². The second-order valence-electron chi connectivity index (χ2n) is 4.74. The highest BCUT2D eigenvalue weighted by Crippen LogP contribution is 2.26. The van der Waals surface area contributed by atoms with Crippen molar-refractivity contribution in [1.82, 2.24) is 4.31 Å². The molecule has 0 unspecified atom stereocenters. The van der Waals surface area contributed by atoms with Crippen LogP contribution in [0.2, 0.25) is 0 Å². The molecular weight excluding hydrogens is 308 g/mol. The lowest BCUT2D eigenvalue weighted by molar-refractivity contribution is 0.521. The SMILES string of the molecule is CN(C)S(=O)(=O)c1ccccc1Nc1ccc(CCl)cc1. The molecule has 0 aromatic heterocycles. The van der Waals surface area contributed by atoms with Crippen molar-refractivity contribution in [2.75, 3.05) is 19.4 Å². The van der Waals surface area contributed by atoms with Crippen LogP contribution in [0, 0.1) is 0 Å². The smallest absolute Gasteiger partial charge is 0.244 e. The number of nitrogens with zero attached hydrogens (tertiary/aromatic N) is 1. The molecule has 0 aliphatic carbocycles. The number of sulfonamides is 1. The summed E-state index contributed by atoms with van der Waals surface area (Å²) in [6, 6.07) is 14.4. The summed E-state index contributed by atoms with van der Waals surface area (Å²) in [4.78, 5) is 0.247. The van der Waals surface area contributed by atoms with Gasteiger partial charge in [0.05, 0.1) is 5.69 Å². The molecule has 0 aliphatic rings. The summed E-state index contributed by atoms with van der Waals surface area (Å²) >= 11 is 5.75. The summed E-state index contributed by atoms with van der Waals surface area (Å²) in [6.45, 7) is 0. The number of nitrogens with one attached hydrogen (secondary N) is 1. The van der Waals surface area contributed by atoms with Crippen LogP contribution in [0.4, 0.5) is 11.4 Å². The minimum absolute atomic E-state index is 0.247. The van der Waals surface area contributed by atoms with E-state index in [1.165, 1.54) is 18.4 Å². The molecule has 0 spiro atoms. The molecule has 2 aromatic carbocycles. The van der Waals surface area contributed by atoms with Crippen molar-refractivity contribution in [2.24, 2.45) is 0 Å². The van der Waals surface area contributed by atoms with Crippen LogP contribution in [0.3, 0.4) is 0 Å². The molecule has 0 saturated heterocycles. The topological polar surface area (TPSA) is 49.4 Å². The van der Waals surface area contributed by atoms with Gasteiger partial charge in [-0.3, -0.25) is 0 Å². The van der Waals surface area contributed by atoms with E-state index in [1.807, 2.05) is 24.3 Å². The Morgan fingerprint density at radius 1 is 1.05 bits per heavy atom. The monoisotopic (exact) mass is 324 g/mol. The summed E-state index contributed by atoms with van der Waals surface area (Å²) in [5, 5.41) is 3.14. The molecule has 112 valence electrons. The lowest BCUT2D eigenvalue weighted by Gasteiger charge is -2.16. The first-order valence-electron chi connectivity index (χ1n) is 6.38. The number of anilines is 2. The molecule has 0 atom stereocenters. The van der Waals surface area contributed by atoms with Crippen molar-refractivity contribution in [3.63, 3.8) is 0 Å². The van der Waals surface area contributed by atoms with Crippen LogP contribution >= 0.6 is 11.6 Å². The maximum atomic E-state index is 12.3. The van der Waals surface area contributed by atoms with Gasteiger partial charge in [0.2, 0.25) is 10.0 Å². The van der Waals surface area contributed by atoms with Gasteiger partial charge in [0, 0.05) is 25.7 Å². The third-order valence-electron chi connectivity index (χ3n) is 3.03. The molecule has 0 radical (unpaired) electrons. The fraction of sp³-hybridized carbons (Fsp3) is 0.200. The van der Waals surface area contributed by atoms with Crippen LogP contribution in [-0.4, -0.2) is 26.8 Å². The fourth-order valence-corrected chi connectivity index (χ4v) is 3.04. The Kier molecular flexibility index (Phi) is 4.88. The number of rotatable bonds is 5. The van der Waals surface area contributed by atoms with Gasteiger partial charge in [0.1, 0.15) is 4.90 Å². The highest BCUT2D eigenvalue weighted by atomic mass is 35.5. The van der Waals surface area contributed by atoms with Gasteiger partial charge in [0.15, 0.2) is 0 Å². The second-order valence-corrected chi connectivity index (χ2v) is 7.13. The Labute approximate surface area is 130 Å². The van der Waals surface area contributed by atoms with E-state index in [0.717, 1.165) is 11.3 Å². The lowest BCUT2D eigenvalue weighted by atomic mass is 10.2. The van der Waals surface area contributed by atoms with Crippen LogP contribution < -0.4 is 5.32 Å². The first-order chi connectivity index (χ1) is 9.95. The molecule has 0 amide bonds. The summed E-state index contributed by atoms with van der Waals surface area (Å²) in [5.74, 6) is 0.450. The van der Waals surface area contributed by atoms with E-state index in [2.05, 4.69) is 5.32 Å². The first kappa shape index (κ1) is 15.8. The summed E-state index contributed by atoms with van der Waals surface area (Å²) < 4.78 is 25.8. The summed E-state index contributed by atoms with van der Waals surface area (Å²) in [6.07, 6.45) is 0. The number of hydrogen-bond acceptors (Lipinski definition) is 3. The number of hydrogen-bond donors (Lipinski definition) is 1. The van der Waals surface area contributed by atoms with Crippen LogP contribution in [0.1, 0.15) is 5.56 Å². The number of para-hydroxylation sites is 1. The van der Waals surface area contributed by atoms with Gasteiger partial charge in [0.25, 0.3) is 0 Å². The Hall–Kier alpha value is -1.56. The number of alkyl halides is 1. The molecule has 2 rings (SSSR count). The van der Waals surface area contributed by atoms with E-state index in [9.17, 15) is 8.42 Å². The van der Waals surface area contributed by atoms with Gasteiger partial charge in [-0.2, -0.15) is 0 Å². The molecule has 0 heterocycles. The first-order valence-corrected chi connectivity index (χ1v) is 8.36. The average Bonchev–Trinajstić information content (AvgIpc) is 2.48. The van der Waals surface area contributed by atoms with Gasteiger partial charge in [-0.1, -0.05) is 24.3 Å². The van der Waals surface area contributed by atoms with Crippen molar-refractivity contribution in [3.05, 3.63) is 54.1 Å². The second kappa shape index (κ2) is 6.47. The predicted octanol–water partition coefficient (Wildman–Crippen LogP) is 3.42. The lowest BCUT2D eigenvalue weighted by Crippen LogP contribution is -2.23. The van der Waals surface area contributed by atoms with E-state index in [-0.39, 0.29) is 4.90 Å².